The largest absolute Gasteiger partial charge is 0.217 e. The highest BCUT2D eigenvalue weighted by atomic mass is 16.6. The van der Waals surface area contributed by atoms with Crippen molar-refractivity contribution in [2.24, 2.45) is 0 Å². The molecule has 0 bridgehead atoms. The second-order valence-corrected chi connectivity index (χ2v) is 3.89. The summed E-state index contributed by atoms with van der Waals surface area (Å²) in [6.45, 7) is 12.1. The Balaban J connectivity index is 0.000000461. The minimum absolute atomic E-state index is 0.0260. The van der Waals surface area contributed by atoms with Crippen molar-refractivity contribution in [3.8, 4) is 0 Å². The molecule has 1 heterocycles. The molecule has 0 aliphatic carbocycles. The molecule has 68 valence electrons. The molecule has 0 spiro atoms. The zero-order valence-corrected chi connectivity index (χ0v) is 8.52. The van der Waals surface area contributed by atoms with Crippen molar-refractivity contribution in [2.75, 3.05) is 13.1 Å². The summed E-state index contributed by atoms with van der Waals surface area (Å²) >= 11 is 0. The molecule has 1 aliphatic rings. The molecule has 11 heavy (non-hydrogen) atoms. The van der Waals surface area contributed by atoms with Crippen LogP contribution in [0.1, 0.15) is 41.0 Å². The van der Waals surface area contributed by atoms with Crippen LogP contribution in [0.5, 0.6) is 0 Å². The van der Waals surface area contributed by atoms with E-state index in [0.29, 0.717) is 0 Å². The van der Waals surface area contributed by atoms with Crippen molar-refractivity contribution < 1.29 is 9.85 Å². The predicted molar refractivity (Wildman–Crippen MR) is 47.5 cm³/mol. The maximum atomic E-state index is 9.68. The van der Waals surface area contributed by atoms with E-state index in [9.17, 15) is 5.21 Å². The van der Waals surface area contributed by atoms with Gasteiger partial charge < -0.3 is 0 Å². The normalized spacial score (nSPS) is 21.3. The molecule has 0 radical (unpaired) electrons. The molecule has 0 aromatic heterocycles. The molecule has 0 aromatic rings. The van der Waals surface area contributed by atoms with Gasteiger partial charge in [-0.2, -0.15) is 4.65 Å². The number of quaternary nitrogens is 1. The van der Waals surface area contributed by atoms with Gasteiger partial charge in [-0.15, -0.1) is 0 Å². The number of hydroxylamine groups is 3. The van der Waals surface area contributed by atoms with Crippen molar-refractivity contribution in [3.63, 3.8) is 0 Å². The number of rotatable bonds is 0. The Morgan fingerprint density at radius 2 is 1.45 bits per heavy atom. The van der Waals surface area contributed by atoms with Crippen LogP contribution >= 0.6 is 0 Å². The predicted octanol–water partition coefficient (Wildman–Crippen LogP) is 2.42. The van der Waals surface area contributed by atoms with Gasteiger partial charge in [0.1, 0.15) is 18.6 Å². The second-order valence-electron chi connectivity index (χ2n) is 3.89. The van der Waals surface area contributed by atoms with Crippen LogP contribution < -0.4 is 0 Å². The van der Waals surface area contributed by atoms with Crippen LogP contribution in [0.15, 0.2) is 0 Å². The van der Waals surface area contributed by atoms with E-state index in [1.54, 1.807) is 0 Å². The highest BCUT2D eigenvalue weighted by molar-refractivity contribution is 4.64. The van der Waals surface area contributed by atoms with Crippen LogP contribution in [0.2, 0.25) is 0 Å². The SMILES string of the molecule is CC.CC(C)(C)[N+]1(O)CCC1. The topological polar surface area (TPSA) is 20.2 Å². The van der Waals surface area contributed by atoms with E-state index < -0.39 is 0 Å². The maximum absolute atomic E-state index is 9.68. The Morgan fingerprint density at radius 1 is 1.09 bits per heavy atom. The summed E-state index contributed by atoms with van der Waals surface area (Å²) in [5.41, 5.74) is 0.0260. The lowest BCUT2D eigenvalue weighted by Gasteiger charge is -2.47. The van der Waals surface area contributed by atoms with E-state index in [4.69, 9.17) is 0 Å². The summed E-state index contributed by atoms with van der Waals surface area (Å²) < 4.78 is 0.271. The molecule has 0 atom stereocenters. The molecule has 0 saturated carbocycles. The highest BCUT2D eigenvalue weighted by Crippen LogP contribution is 2.28. The second kappa shape index (κ2) is 3.55. The fraction of sp³-hybridized carbons (Fsp3) is 1.00. The summed E-state index contributed by atoms with van der Waals surface area (Å²) in [5, 5.41) is 9.68. The minimum atomic E-state index is 0.0260. The van der Waals surface area contributed by atoms with Crippen molar-refractivity contribution in [3.05, 3.63) is 0 Å². The zero-order chi connectivity index (χ0) is 9.12. The number of hydrogen-bond donors (Lipinski definition) is 1. The van der Waals surface area contributed by atoms with Gasteiger partial charge in [0.25, 0.3) is 0 Å². The minimum Gasteiger partial charge on any atom is -0.217 e. The monoisotopic (exact) mass is 160 g/mol. The van der Waals surface area contributed by atoms with Crippen molar-refractivity contribution in [1.82, 2.24) is 0 Å². The summed E-state index contributed by atoms with van der Waals surface area (Å²) in [6, 6.07) is 0. The van der Waals surface area contributed by atoms with E-state index in [1.165, 1.54) is 6.42 Å². The molecule has 1 aliphatic heterocycles. The zero-order valence-electron chi connectivity index (χ0n) is 8.52. The van der Waals surface area contributed by atoms with Crippen LogP contribution in [-0.4, -0.2) is 28.5 Å². The molecule has 0 aromatic carbocycles. The van der Waals surface area contributed by atoms with Gasteiger partial charge in [0, 0.05) is 0 Å². The Hall–Kier alpha value is -0.0800. The van der Waals surface area contributed by atoms with Crippen molar-refractivity contribution in [1.29, 1.82) is 0 Å². The molecule has 0 amide bonds. The fourth-order valence-corrected chi connectivity index (χ4v) is 1.13. The molecule has 2 nitrogen and oxygen atoms in total. The number of hydrogen-bond acceptors (Lipinski definition) is 1. The van der Waals surface area contributed by atoms with Gasteiger partial charge in [0.2, 0.25) is 0 Å². The van der Waals surface area contributed by atoms with Gasteiger partial charge in [0.05, 0.1) is 6.42 Å². The molecular formula is C9H22NO+. The first-order valence-corrected chi connectivity index (χ1v) is 4.56. The molecule has 1 rings (SSSR count). The summed E-state index contributed by atoms with van der Waals surface area (Å²) in [5.74, 6) is 0. The summed E-state index contributed by atoms with van der Waals surface area (Å²) in [6.07, 6.45) is 1.17. The average molecular weight is 160 g/mol. The summed E-state index contributed by atoms with van der Waals surface area (Å²) in [4.78, 5) is 0. The third kappa shape index (κ3) is 2.17. The van der Waals surface area contributed by atoms with Crippen LogP contribution in [0.25, 0.3) is 0 Å². The third-order valence-electron chi connectivity index (χ3n) is 2.30. The van der Waals surface area contributed by atoms with Gasteiger partial charge in [-0.25, -0.2) is 5.21 Å². The summed E-state index contributed by atoms with van der Waals surface area (Å²) in [7, 11) is 0. The van der Waals surface area contributed by atoms with Gasteiger partial charge in [-0.3, -0.25) is 0 Å². The highest BCUT2D eigenvalue weighted by Gasteiger charge is 2.45. The van der Waals surface area contributed by atoms with E-state index in [-0.39, 0.29) is 10.2 Å². The lowest BCUT2D eigenvalue weighted by Crippen LogP contribution is -2.65. The first-order valence-electron chi connectivity index (χ1n) is 4.56. The van der Waals surface area contributed by atoms with Crippen LogP contribution in [0, 0.1) is 0 Å². The Morgan fingerprint density at radius 3 is 1.45 bits per heavy atom. The van der Waals surface area contributed by atoms with Crippen molar-refractivity contribution >= 4 is 0 Å². The molecule has 0 unspecified atom stereocenters. The van der Waals surface area contributed by atoms with Gasteiger partial charge in [-0.05, 0) is 20.8 Å². The van der Waals surface area contributed by atoms with E-state index in [2.05, 4.69) is 20.8 Å². The molecule has 1 saturated heterocycles. The van der Waals surface area contributed by atoms with E-state index in [1.807, 2.05) is 13.8 Å². The Kier molecular flexibility index (Phi) is 3.52. The average Bonchev–Trinajstić information content (AvgIpc) is 1.85. The smallest absolute Gasteiger partial charge is 0.120 e. The van der Waals surface area contributed by atoms with Gasteiger partial charge >= 0.3 is 0 Å². The van der Waals surface area contributed by atoms with Crippen LogP contribution in [-0.2, 0) is 0 Å². The van der Waals surface area contributed by atoms with E-state index >= 15 is 0 Å². The Labute approximate surface area is 70.4 Å². The van der Waals surface area contributed by atoms with Gasteiger partial charge in [-0.1, -0.05) is 13.8 Å². The van der Waals surface area contributed by atoms with E-state index in [0.717, 1.165) is 13.1 Å². The lowest BCUT2D eigenvalue weighted by molar-refractivity contribution is -1.16. The van der Waals surface area contributed by atoms with Gasteiger partial charge in [0.15, 0.2) is 0 Å². The first-order chi connectivity index (χ1) is 4.96. The standard InChI is InChI=1S/C7H16NO.C2H6/c1-7(2,3)8(9)5-4-6-8;1-2/h9H,4-6H2,1-3H3;1-2H3/q+1;. The molecule has 1 N–H and O–H groups in total. The Bertz CT molecular complexity index is 111. The van der Waals surface area contributed by atoms with Crippen LogP contribution in [0.3, 0.4) is 0 Å². The lowest BCUT2D eigenvalue weighted by atomic mass is 10.00. The molecule has 2 heteroatoms. The quantitative estimate of drug-likeness (QED) is 0.540. The number of likely N-dealkylation sites (tertiary alicyclic amines) is 1. The number of nitrogens with zero attached hydrogens (tertiary/aromatic N) is 1. The maximum Gasteiger partial charge on any atom is 0.120 e. The third-order valence-corrected chi connectivity index (χ3v) is 2.30. The van der Waals surface area contributed by atoms with Crippen LogP contribution in [0.4, 0.5) is 0 Å². The molecular weight excluding hydrogens is 138 g/mol. The molecule has 1 fully saturated rings. The first kappa shape index (κ1) is 10.9. The van der Waals surface area contributed by atoms with Crippen molar-refractivity contribution in [2.45, 2.75) is 46.6 Å². The fourth-order valence-electron chi connectivity index (χ4n) is 1.13.